The maximum Gasteiger partial charge on any atom is 0.115 e. The van der Waals surface area contributed by atoms with Crippen LogP contribution in [-0.4, -0.2) is 15.0 Å². The van der Waals surface area contributed by atoms with Gasteiger partial charge in [0.25, 0.3) is 0 Å². The number of hydrogen-bond donors (Lipinski definition) is 0. The van der Waals surface area contributed by atoms with Gasteiger partial charge in [-0.3, -0.25) is 4.98 Å². The lowest BCUT2D eigenvalue weighted by atomic mass is 9.95. The third kappa shape index (κ3) is 32.7. The SMILES string of the molecule is CC.CC.CC.CC.CC.CC.CC.CC.CC.CC.c1cc2ccc3cccc4ccc(c1)c2c34.c1ccc2ccccc2c1.c1ccccc1.c1ccncc1.c1cncnc1. The Kier molecular flexibility index (Phi) is 66.9. The molecule has 3 nitrogen and oxygen atoms in total. The minimum absolute atomic E-state index is 1.31. The smallest absolute Gasteiger partial charge is 0.115 e. The lowest BCUT2D eigenvalue weighted by Gasteiger charge is -2.09. The van der Waals surface area contributed by atoms with E-state index in [9.17, 15) is 0 Å². The van der Waals surface area contributed by atoms with E-state index in [1.165, 1.54) is 49.4 Å². The zero-order valence-corrected chi connectivity index (χ0v) is 44.4. The Balaban J connectivity index is -0.000000155. The van der Waals surface area contributed by atoms with Crippen LogP contribution in [0.1, 0.15) is 138 Å². The standard InChI is InChI=1S/C16H10.C10H8.C6H6.C5H5N.C4H4N2.10C2H6/c1-3-11-7-9-13-5-2-6-14-10-8-12(4-1)15(11)16(13)14;1-2-6-10-8-4-3-7-9(10)5-1;2*1-2-4-6-5-3-1;1-2-5-4-6-3-1;10*1-2/h1-10H;1-8H;1-6H;1-5H;1-4H;10*1-2H3. The van der Waals surface area contributed by atoms with Crippen LogP contribution < -0.4 is 0 Å². The van der Waals surface area contributed by atoms with E-state index in [1.807, 2.05) is 193 Å². The van der Waals surface area contributed by atoms with E-state index in [-0.39, 0.29) is 0 Å². The molecule has 352 valence electrons. The molecule has 0 spiro atoms. The second kappa shape index (κ2) is 61.4. The first-order valence-electron chi connectivity index (χ1n) is 24.5. The van der Waals surface area contributed by atoms with Crippen molar-refractivity contribution < 1.29 is 0 Å². The number of benzene rings is 7. The molecular formula is C61H93N3. The van der Waals surface area contributed by atoms with Crippen LogP contribution in [0.2, 0.25) is 0 Å². The normalized spacial score (nSPS) is 7.69. The predicted octanol–water partition coefficient (Wildman–Crippen LogP) is 20.9. The average molecular weight is 868 g/mol. The number of aromatic nitrogens is 3. The van der Waals surface area contributed by atoms with Crippen molar-refractivity contribution in [3.8, 4) is 0 Å². The van der Waals surface area contributed by atoms with Crippen molar-refractivity contribution in [3.63, 3.8) is 0 Å². The van der Waals surface area contributed by atoms with E-state index in [2.05, 4.69) is 124 Å². The zero-order valence-electron chi connectivity index (χ0n) is 44.4. The van der Waals surface area contributed by atoms with Gasteiger partial charge in [-0.2, -0.15) is 0 Å². The van der Waals surface area contributed by atoms with Crippen molar-refractivity contribution >= 4 is 43.1 Å². The van der Waals surface area contributed by atoms with E-state index >= 15 is 0 Å². The molecule has 2 aromatic heterocycles. The van der Waals surface area contributed by atoms with Gasteiger partial charge in [-0.15, -0.1) is 0 Å². The largest absolute Gasteiger partial charge is 0.265 e. The number of pyridine rings is 1. The van der Waals surface area contributed by atoms with Crippen LogP contribution in [0, 0.1) is 0 Å². The Morgan fingerprint density at radius 1 is 0.188 bits per heavy atom. The molecule has 0 fully saturated rings. The fourth-order valence-corrected chi connectivity index (χ4v) is 4.75. The first-order valence-corrected chi connectivity index (χ1v) is 24.5. The molecule has 0 saturated carbocycles. The Labute approximate surface area is 395 Å². The average Bonchev–Trinajstić information content (AvgIpc) is 3.46. The molecule has 0 amide bonds. The first-order chi connectivity index (χ1) is 31.9. The highest BCUT2D eigenvalue weighted by atomic mass is 14.8. The number of nitrogens with zero attached hydrogens (tertiary/aromatic N) is 3. The minimum atomic E-state index is 1.31. The maximum atomic E-state index is 3.78. The van der Waals surface area contributed by atoms with Gasteiger partial charge in [0, 0.05) is 24.8 Å². The molecular weight excluding hydrogens is 775 g/mol. The van der Waals surface area contributed by atoms with E-state index in [0.717, 1.165) is 0 Å². The third-order valence-electron chi connectivity index (χ3n) is 6.76. The number of rotatable bonds is 0. The summed E-state index contributed by atoms with van der Waals surface area (Å²) in [7, 11) is 0. The van der Waals surface area contributed by atoms with Crippen molar-refractivity contribution in [3.05, 3.63) is 201 Å². The second-order valence-electron chi connectivity index (χ2n) is 9.72. The summed E-state index contributed by atoms with van der Waals surface area (Å²) in [6.07, 6.45) is 8.38. The fraction of sp³-hybridized carbons (Fsp3) is 0.328. The van der Waals surface area contributed by atoms with Crippen LogP contribution in [0.3, 0.4) is 0 Å². The van der Waals surface area contributed by atoms with Crippen LogP contribution in [0.25, 0.3) is 43.1 Å². The Morgan fingerprint density at radius 2 is 0.406 bits per heavy atom. The van der Waals surface area contributed by atoms with Gasteiger partial charge in [-0.05, 0) is 61.3 Å². The van der Waals surface area contributed by atoms with Gasteiger partial charge in [0.1, 0.15) is 6.33 Å². The quantitative estimate of drug-likeness (QED) is 0.143. The van der Waals surface area contributed by atoms with Crippen molar-refractivity contribution in [1.29, 1.82) is 0 Å². The summed E-state index contributed by atoms with van der Waals surface area (Å²) in [4.78, 5) is 11.1. The number of fused-ring (bicyclic) bond motifs is 1. The van der Waals surface area contributed by atoms with Gasteiger partial charge in [0.05, 0.1) is 0 Å². The van der Waals surface area contributed by atoms with Gasteiger partial charge < -0.3 is 0 Å². The van der Waals surface area contributed by atoms with E-state index in [1.54, 1.807) is 30.9 Å². The monoisotopic (exact) mass is 868 g/mol. The molecule has 3 heteroatoms. The molecule has 0 unspecified atom stereocenters. The minimum Gasteiger partial charge on any atom is -0.265 e. The summed E-state index contributed by atoms with van der Waals surface area (Å²) >= 11 is 0. The van der Waals surface area contributed by atoms with Gasteiger partial charge >= 0.3 is 0 Å². The highest BCUT2D eigenvalue weighted by Gasteiger charge is 2.06. The molecule has 0 atom stereocenters. The Morgan fingerprint density at radius 3 is 0.578 bits per heavy atom. The molecule has 0 aliphatic heterocycles. The summed E-state index contributed by atoms with van der Waals surface area (Å²) in [5, 5.41) is 10.8. The third-order valence-corrected chi connectivity index (χ3v) is 6.76. The highest BCUT2D eigenvalue weighted by Crippen LogP contribution is 2.33. The maximum absolute atomic E-state index is 3.78. The molecule has 0 aliphatic carbocycles. The van der Waals surface area contributed by atoms with Gasteiger partial charge in [0.2, 0.25) is 0 Å². The highest BCUT2D eigenvalue weighted by molar-refractivity contribution is 6.22. The van der Waals surface area contributed by atoms with Crippen LogP contribution in [-0.2, 0) is 0 Å². The van der Waals surface area contributed by atoms with Crippen LogP contribution >= 0.6 is 0 Å². The topological polar surface area (TPSA) is 38.7 Å². The Bertz CT molecular complexity index is 1710. The summed E-state index contributed by atoms with van der Waals surface area (Å²) in [5.74, 6) is 0. The van der Waals surface area contributed by atoms with Gasteiger partial charge in [-0.1, -0.05) is 290 Å². The Hall–Kier alpha value is -5.93. The van der Waals surface area contributed by atoms with Gasteiger partial charge in [-0.25, -0.2) is 9.97 Å². The zero-order chi connectivity index (χ0) is 50.1. The lowest BCUT2D eigenvalue weighted by Crippen LogP contribution is -1.82. The molecule has 0 radical (unpaired) electrons. The van der Waals surface area contributed by atoms with Gasteiger partial charge in [0.15, 0.2) is 0 Å². The predicted molar refractivity (Wildman–Crippen MR) is 300 cm³/mol. The van der Waals surface area contributed by atoms with Crippen LogP contribution in [0.15, 0.2) is 201 Å². The first kappa shape index (κ1) is 69.8. The second-order valence-corrected chi connectivity index (χ2v) is 9.72. The van der Waals surface area contributed by atoms with E-state index < -0.39 is 0 Å². The molecule has 0 N–H and O–H groups in total. The van der Waals surface area contributed by atoms with Crippen molar-refractivity contribution in [2.45, 2.75) is 138 Å². The molecule has 64 heavy (non-hydrogen) atoms. The molecule has 9 rings (SSSR count). The van der Waals surface area contributed by atoms with E-state index in [0.29, 0.717) is 0 Å². The van der Waals surface area contributed by atoms with E-state index in [4.69, 9.17) is 0 Å². The van der Waals surface area contributed by atoms with Crippen molar-refractivity contribution in [1.82, 2.24) is 15.0 Å². The lowest BCUT2D eigenvalue weighted by molar-refractivity contribution is 1.17. The molecule has 2 heterocycles. The summed E-state index contributed by atoms with van der Waals surface area (Å²) in [6, 6.07) is 58.1. The summed E-state index contributed by atoms with van der Waals surface area (Å²) in [6.45, 7) is 40.0. The van der Waals surface area contributed by atoms with Crippen LogP contribution in [0.5, 0.6) is 0 Å². The molecule has 0 bridgehead atoms. The molecule has 9 aromatic rings. The summed E-state index contributed by atoms with van der Waals surface area (Å²) in [5.41, 5.74) is 0. The summed E-state index contributed by atoms with van der Waals surface area (Å²) < 4.78 is 0. The molecule has 7 aromatic carbocycles. The van der Waals surface area contributed by atoms with Crippen molar-refractivity contribution in [2.75, 3.05) is 0 Å². The number of hydrogen-bond acceptors (Lipinski definition) is 3. The fourth-order valence-electron chi connectivity index (χ4n) is 4.75. The molecule has 0 aliphatic rings. The molecule has 0 saturated heterocycles. The van der Waals surface area contributed by atoms with Crippen LogP contribution in [0.4, 0.5) is 0 Å². The van der Waals surface area contributed by atoms with Crippen molar-refractivity contribution in [2.24, 2.45) is 0 Å².